The Labute approximate surface area is 144 Å². The molecule has 1 aromatic heterocycles. The van der Waals surface area contributed by atoms with Crippen LogP contribution in [0.3, 0.4) is 0 Å². The van der Waals surface area contributed by atoms with E-state index in [0.29, 0.717) is 26.4 Å². The molecule has 0 aliphatic heterocycles. The summed E-state index contributed by atoms with van der Waals surface area (Å²) in [5.74, 6) is 0.836. The fraction of sp³-hybridized carbons (Fsp3) is 0.706. The lowest BCUT2D eigenvalue weighted by atomic mass is 10.3. The van der Waals surface area contributed by atoms with Gasteiger partial charge in [0.15, 0.2) is 5.96 Å². The van der Waals surface area contributed by atoms with Gasteiger partial charge in [0.2, 0.25) is 0 Å². The highest BCUT2D eigenvalue weighted by atomic mass is 32.1. The molecule has 5 nitrogen and oxygen atoms in total. The number of hydrogen-bond acceptors (Lipinski definition) is 4. The summed E-state index contributed by atoms with van der Waals surface area (Å²) in [6.07, 6.45) is 2.29. The molecular formula is C17H31N3O2S. The summed E-state index contributed by atoms with van der Waals surface area (Å²) in [6, 6.07) is 2.13. The van der Waals surface area contributed by atoms with Crippen molar-refractivity contribution in [2.45, 2.75) is 40.2 Å². The minimum Gasteiger partial charge on any atom is -0.379 e. The van der Waals surface area contributed by atoms with Crippen LogP contribution in [0.1, 0.15) is 37.1 Å². The highest BCUT2D eigenvalue weighted by Crippen LogP contribution is 2.16. The van der Waals surface area contributed by atoms with Gasteiger partial charge < -0.3 is 20.1 Å². The number of ether oxygens (including phenoxy) is 2. The maximum Gasteiger partial charge on any atom is 0.191 e. The van der Waals surface area contributed by atoms with Gasteiger partial charge in [-0.15, -0.1) is 11.3 Å². The standard InChI is InChI=1S/C17H31N3O2S/c1-4-6-9-21-11-12-22-10-8-19-17(18-5-2)20-14-16-15(3)7-13-23-16/h7,13H,4-6,8-12,14H2,1-3H3,(H2,18,19,20). The maximum absolute atomic E-state index is 5.54. The Morgan fingerprint density at radius 2 is 1.91 bits per heavy atom. The minimum absolute atomic E-state index is 0.646. The van der Waals surface area contributed by atoms with E-state index < -0.39 is 0 Å². The highest BCUT2D eigenvalue weighted by molar-refractivity contribution is 7.10. The Morgan fingerprint density at radius 1 is 1.13 bits per heavy atom. The number of aryl methyl sites for hydroxylation is 1. The Balaban J connectivity index is 2.14. The molecular weight excluding hydrogens is 310 g/mol. The van der Waals surface area contributed by atoms with Crippen LogP contribution in [0.2, 0.25) is 0 Å². The molecule has 0 radical (unpaired) electrons. The van der Waals surface area contributed by atoms with Gasteiger partial charge in [-0.3, -0.25) is 0 Å². The second-order valence-corrected chi connectivity index (χ2v) is 6.23. The molecule has 0 unspecified atom stereocenters. The summed E-state index contributed by atoms with van der Waals surface area (Å²) in [5, 5.41) is 8.65. The first kappa shape index (κ1) is 19.9. The van der Waals surface area contributed by atoms with Gasteiger partial charge >= 0.3 is 0 Å². The third-order valence-electron chi connectivity index (χ3n) is 3.25. The van der Waals surface area contributed by atoms with Crippen LogP contribution in [-0.4, -0.2) is 45.5 Å². The lowest BCUT2D eigenvalue weighted by Crippen LogP contribution is -2.39. The average Bonchev–Trinajstić information content (AvgIpc) is 2.96. The fourth-order valence-corrected chi connectivity index (χ4v) is 2.70. The number of unbranched alkanes of at least 4 members (excludes halogenated alkanes) is 1. The topological polar surface area (TPSA) is 54.9 Å². The largest absolute Gasteiger partial charge is 0.379 e. The first-order valence-electron chi connectivity index (χ1n) is 8.48. The van der Waals surface area contributed by atoms with Crippen LogP contribution in [0.25, 0.3) is 0 Å². The quantitative estimate of drug-likeness (QED) is 0.349. The van der Waals surface area contributed by atoms with Crippen molar-refractivity contribution in [2.75, 3.05) is 39.5 Å². The molecule has 0 spiro atoms. The van der Waals surface area contributed by atoms with E-state index in [1.54, 1.807) is 11.3 Å². The number of hydrogen-bond donors (Lipinski definition) is 2. The lowest BCUT2D eigenvalue weighted by Gasteiger charge is -2.11. The van der Waals surface area contributed by atoms with Crippen molar-refractivity contribution in [3.8, 4) is 0 Å². The zero-order valence-corrected chi connectivity index (χ0v) is 15.5. The van der Waals surface area contributed by atoms with Crippen LogP contribution in [0.4, 0.5) is 0 Å². The normalized spacial score (nSPS) is 11.7. The van der Waals surface area contributed by atoms with E-state index >= 15 is 0 Å². The van der Waals surface area contributed by atoms with Crippen molar-refractivity contribution < 1.29 is 9.47 Å². The van der Waals surface area contributed by atoms with E-state index in [4.69, 9.17) is 9.47 Å². The molecule has 2 N–H and O–H groups in total. The van der Waals surface area contributed by atoms with Gasteiger partial charge in [-0.05, 0) is 37.3 Å². The summed E-state index contributed by atoms with van der Waals surface area (Å²) in [4.78, 5) is 5.92. The van der Waals surface area contributed by atoms with Gasteiger partial charge in [0.05, 0.1) is 26.4 Å². The molecule has 0 atom stereocenters. The Morgan fingerprint density at radius 3 is 2.57 bits per heavy atom. The number of rotatable bonds is 12. The molecule has 0 saturated heterocycles. The van der Waals surface area contributed by atoms with E-state index in [0.717, 1.165) is 32.1 Å². The van der Waals surface area contributed by atoms with E-state index in [1.165, 1.54) is 16.9 Å². The molecule has 0 saturated carbocycles. The third kappa shape index (κ3) is 9.58. The molecule has 1 heterocycles. The molecule has 132 valence electrons. The second kappa shape index (κ2) is 13.3. The smallest absolute Gasteiger partial charge is 0.191 e. The summed E-state index contributed by atoms with van der Waals surface area (Å²) in [7, 11) is 0. The SMILES string of the molecule is CCCCOCCOCCNC(=NCc1sccc1C)NCC. The average molecular weight is 342 g/mol. The summed E-state index contributed by atoms with van der Waals surface area (Å²) in [5.41, 5.74) is 1.31. The van der Waals surface area contributed by atoms with E-state index in [1.807, 2.05) is 0 Å². The van der Waals surface area contributed by atoms with Gasteiger partial charge in [0, 0.05) is 24.6 Å². The van der Waals surface area contributed by atoms with Crippen molar-refractivity contribution in [3.63, 3.8) is 0 Å². The van der Waals surface area contributed by atoms with Gasteiger partial charge in [-0.1, -0.05) is 13.3 Å². The Kier molecular flexibility index (Phi) is 11.6. The number of thiophene rings is 1. The van der Waals surface area contributed by atoms with Gasteiger partial charge in [0.1, 0.15) is 0 Å². The van der Waals surface area contributed by atoms with Crippen LogP contribution in [-0.2, 0) is 16.0 Å². The zero-order chi connectivity index (χ0) is 16.8. The zero-order valence-electron chi connectivity index (χ0n) is 14.7. The van der Waals surface area contributed by atoms with Gasteiger partial charge in [-0.25, -0.2) is 4.99 Å². The summed E-state index contributed by atoms with van der Waals surface area (Å²) >= 11 is 1.75. The van der Waals surface area contributed by atoms with Crippen molar-refractivity contribution in [2.24, 2.45) is 4.99 Å². The number of nitrogens with zero attached hydrogens (tertiary/aromatic N) is 1. The molecule has 6 heteroatoms. The summed E-state index contributed by atoms with van der Waals surface area (Å²) < 4.78 is 11.0. The highest BCUT2D eigenvalue weighted by Gasteiger charge is 2.01. The van der Waals surface area contributed by atoms with E-state index in [9.17, 15) is 0 Å². The first-order valence-corrected chi connectivity index (χ1v) is 9.36. The summed E-state index contributed by atoms with van der Waals surface area (Å²) in [6.45, 7) is 11.5. The molecule has 23 heavy (non-hydrogen) atoms. The minimum atomic E-state index is 0.646. The van der Waals surface area contributed by atoms with Crippen LogP contribution in [0.15, 0.2) is 16.4 Å². The number of aliphatic imine (C=N–C) groups is 1. The monoisotopic (exact) mass is 341 g/mol. The third-order valence-corrected chi connectivity index (χ3v) is 4.25. The van der Waals surface area contributed by atoms with E-state index in [2.05, 4.69) is 47.8 Å². The van der Waals surface area contributed by atoms with Gasteiger partial charge in [0.25, 0.3) is 0 Å². The molecule has 0 amide bonds. The molecule has 0 bridgehead atoms. The molecule has 1 rings (SSSR count). The number of nitrogens with one attached hydrogen (secondary N) is 2. The van der Waals surface area contributed by atoms with Crippen molar-refractivity contribution in [1.29, 1.82) is 0 Å². The van der Waals surface area contributed by atoms with Crippen LogP contribution in [0, 0.1) is 6.92 Å². The van der Waals surface area contributed by atoms with Gasteiger partial charge in [-0.2, -0.15) is 0 Å². The van der Waals surface area contributed by atoms with Crippen LogP contribution in [0.5, 0.6) is 0 Å². The van der Waals surface area contributed by atoms with Crippen LogP contribution < -0.4 is 10.6 Å². The predicted octanol–water partition coefficient (Wildman–Crippen LogP) is 2.94. The molecule has 0 aliphatic rings. The number of guanidine groups is 1. The van der Waals surface area contributed by atoms with Crippen molar-refractivity contribution >= 4 is 17.3 Å². The Hall–Kier alpha value is -1.11. The Bertz CT molecular complexity index is 435. The molecule has 0 aliphatic carbocycles. The fourth-order valence-electron chi connectivity index (χ4n) is 1.87. The molecule has 1 aromatic rings. The molecule has 0 fully saturated rings. The maximum atomic E-state index is 5.54. The lowest BCUT2D eigenvalue weighted by molar-refractivity contribution is 0.0487. The van der Waals surface area contributed by atoms with Crippen molar-refractivity contribution in [3.05, 3.63) is 21.9 Å². The predicted molar refractivity (Wildman–Crippen MR) is 98.4 cm³/mol. The first-order chi connectivity index (χ1) is 11.3. The van der Waals surface area contributed by atoms with Crippen molar-refractivity contribution in [1.82, 2.24) is 10.6 Å². The van der Waals surface area contributed by atoms with E-state index in [-0.39, 0.29) is 0 Å². The second-order valence-electron chi connectivity index (χ2n) is 5.23. The molecule has 0 aromatic carbocycles. The van der Waals surface area contributed by atoms with Crippen LogP contribution >= 0.6 is 11.3 Å².